The molecule has 0 saturated heterocycles. The summed E-state index contributed by atoms with van der Waals surface area (Å²) in [7, 11) is 0. The van der Waals surface area contributed by atoms with E-state index in [1.54, 1.807) is 0 Å². The van der Waals surface area contributed by atoms with Gasteiger partial charge in [-0.2, -0.15) is 43.5 Å². The average Bonchev–Trinajstić information content (AvgIpc) is 1.88. The predicted octanol–water partition coefficient (Wildman–Crippen LogP) is 2.95. The van der Waals surface area contributed by atoms with Crippen molar-refractivity contribution < 1.29 is 39.0 Å². The van der Waals surface area contributed by atoms with Gasteiger partial charge in [0.2, 0.25) is 0 Å². The Morgan fingerprint density at radius 3 is 2.08 bits per heavy atom. The largest absolute Gasteiger partial charge is 0.370 e. The number of benzene rings is 1. The van der Waals surface area contributed by atoms with Gasteiger partial charge in [0.15, 0.2) is 0 Å². The molecule has 12 heavy (non-hydrogen) atoms. The third-order valence-electron chi connectivity index (χ3n) is 1.03. The predicted molar refractivity (Wildman–Crippen MR) is 36.7 cm³/mol. The Labute approximate surface area is 88.6 Å². The van der Waals surface area contributed by atoms with Crippen molar-refractivity contribution >= 4 is 0 Å². The second-order valence-electron chi connectivity index (χ2n) is 1.79. The molecule has 0 heterocycles. The standard InChI is InChI=1S/C7H4F3.CH3.Sc/c8-7(9,10)6-4-2-1-3-5-6;;/h1-2,4-5H;1H3;/q2*-1;. The van der Waals surface area contributed by atoms with Crippen molar-refractivity contribution in [1.82, 2.24) is 0 Å². The SMILES string of the molecule is FC(F)(F)c1c[c-]ccc1.[CH3-].[Sc]. The zero-order valence-electron chi connectivity index (χ0n) is 6.52. The zero-order chi connectivity index (χ0) is 7.61. The number of hydrogen-bond donors (Lipinski definition) is 0. The van der Waals surface area contributed by atoms with Crippen LogP contribution in [0.15, 0.2) is 24.3 Å². The molecule has 0 amide bonds. The average molecular weight is 205 g/mol. The fraction of sp³-hybridized carbons (Fsp3) is 0.125. The Balaban J connectivity index is 0. The monoisotopic (exact) mass is 205 g/mol. The third-order valence-corrected chi connectivity index (χ3v) is 1.03. The molecule has 0 aliphatic heterocycles. The Morgan fingerprint density at radius 1 is 1.25 bits per heavy atom. The van der Waals surface area contributed by atoms with Gasteiger partial charge < -0.3 is 7.43 Å². The normalized spacial score (nSPS) is 9.58. The van der Waals surface area contributed by atoms with E-state index in [4.69, 9.17) is 0 Å². The van der Waals surface area contributed by atoms with E-state index >= 15 is 0 Å². The minimum Gasteiger partial charge on any atom is -0.358 e. The van der Waals surface area contributed by atoms with Crippen LogP contribution in [0.2, 0.25) is 0 Å². The molecule has 65 valence electrons. The molecule has 0 aromatic heterocycles. The molecule has 0 spiro atoms. The van der Waals surface area contributed by atoms with Crippen molar-refractivity contribution in [1.29, 1.82) is 0 Å². The molecule has 1 aromatic rings. The van der Waals surface area contributed by atoms with E-state index in [-0.39, 0.29) is 33.3 Å². The first-order chi connectivity index (χ1) is 4.61. The first-order valence-electron chi connectivity index (χ1n) is 2.64. The van der Waals surface area contributed by atoms with Crippen molar-refractivity contribution in [2.75, 3.05) is 0 Å². The topological polar surface area (TPSA) is 0 Å². The van der Waals surface area contributed by atoms with Gasteiger partial charge in [0.1, 0.15) is 0 Å². The second kappa shape index (κ2) is 5.51. The summed E-state index contributed by atoms with van der Waals surface area (Å²) in [5.41, 5.74) is -0.657. The van der Waals surface area contributed by atoms with Gasteiger partial charge in [-0.25, -0.2) is 0 Å². The van der Waals surface area contributed by atoms with E-state index in [1.807, 2.05) is 0 Å². The summed E-state index contributed by atoms with van der Waals surface area (Å²) in [4.78, 5) is 0. The van der Waals surface area contributed by atoms with Crippen LogP contribution in [0, 0.1) is 13.5 Å². The van der Waals surface area contributed by atoms with Gasteiger partial charge in [0.05, 0.1) is 0 Å². The molecule has 1 radical (unpaired) electrons. The van der Waals surface area contributed by atoms with Crippen LogP contribution in [0.4, 0.5) is 13.2 Å². The van der Waals surface area contributed by atoms with Gasteiger partial charge in [-0.1, -0.05) is 5.56 Å². The van der Waals surface area contributed by atoms with Gasteiger partial charge >= 0.3 is 6.18 Å². The van der Waals surface area contributed by atoms with E-state index in [1.165, 1.54) is 12.1 Å². The third kappa shape index (κ3) is 4.04. The van der Waals surface area contributed by atoms with Gasteiger partial charge in [-0.3, -0.25) is 0 Å². The Hall–Kier alpha value is -0.120. The van der Waals surface area contributed by atoms with Crippen LogP contribution in [-0.4, -0.2) is 0 Å². The van der Waals surface area contributed by atoms with Gasteiger partial charge in [0.25, 0.3) is 0 Å². The number of hydrogen-bond acceptors (Lipinski definition) is 0. The molecule has 0 saturated carbocycles. The summed E-state index contributed by atoms with van der Waals surface area (Å²) in [6.07, 6.45) is -4.24. The van der Waals surface area contributed by atoms with E-state index in [9.17, 15) is 13.2 Å². The van der Waals surface area contributed by atoms with Gasteiger partial charge in [0, 0.05) is 25.8 Å². The van der Waals surface area contributed by atoms with Crippen LogP contribution >= 0.6 is 0 Å². The zero-order valence-corrected chi connectivity index (χ0v) is 8.32. The summed E-state index contributed by atoms with van der Waals surface area (Å²) < 4.78 is 35.3. The van der Waals surface area contributed by atoms with Gasteiger partial charge in [-0.15, -0.1) is 0 Å². The number of rotatable bonds is 0. The minimum atomic E-state index is -4.24. The molecule has 0 aliphatic carbocycles. The maximum atomic E-state index is 11.8. The van der Waals surface area contributed by atoms with E-state index < -0.39 is 11.7 Å². The molecule has 0 N–H and O–H groups in total. The van der Waals surface area contributed by atoms with Crippen molar-refractivity contribution in [3.8, 4) is 0 Å². The quantitative estimate of drug-likeness (QED) is 0.571. The maximum absolute atomic E-state index is 11.8. The summed E-state index contributed by atoms with van der Waals surface area (Å²) >= 11 is 0. The Morgan fingerprint density at radius 2 is 1.83 bits per heavy atom. The summed E-state index contributed by atoms with van der Waals surface area (Å²) in [6, 6.07) is 7.01. The molecule has 0 bridgehead atoms. The molecule has 0 aliphatic rings. The maximum Gasteiger partial charge on any atom is 0.370 e. The van der Waals surface area contributed by atoms with E-state index in [2.05, 4.69) is 6.07 Å². The number of alkyl halides is 3. The summed E-state index contributed by atoms with van der Waals surface area (Å²) in [5, 5.41) is 0. The Bertz CT molecular complexity index is 205. The first-order valence-corrected chi connectivity index (χ1v) is 2.64. The fourth-order valence-corrected chi connectivity index (χ4v) is 0.570. The molecular weight excluding hydrogens is 198 g/mol. The fourth-order valence-electron chi connectivity index (χ4n) is 0.570. The van der Waals surface area contributed by atoms with Gasteiger partial charge in [-0.05, 0) is 0 Å². The molecule has 0 fully saturated rings. The van der Waals surface area contributed by atoms with Crippen molar-refractivity contribution in [3.63, 3.8) is 0 Å². The molecule has 1 rings (SSSR count). The summed E-state index contributed by atoms with van der Waals surface area (Å²) in [5.74, 6) is 0. The second-order valence-corrected chi connectivity index (χ2v) is 1.79. The van der Waals surface area contributed by atoms with Crippen LogP contribution < -0.4 is 0 Å². The molecule has 0 atom stereocenters. The first kappa shape index (κ1) is 14.4. The molecule has 0 unspecified atom stereocenters. The number of halogens is 3. The van der Waals surface area contributed by atoms with Crippen LogP contribution in [-0.2, 0) is 32.0 Å². The van der Waals surface area contributed by atoms with Crippen LogP contribution in [0.3, 0.4) is 0 Å². The summed E-state index contributed by atoms with van der Waals surface area (Å²) in [6.45, 7) is 0. The molecule has 1 aromatic carbocycles. The van der Waals surface area contributed by atoms with E-state index in [0.29, 0.717) is 0 Å². The minimum absolute atomic E-state index is 0. The van der Waals surface area contributed by atoms with Crippen LogP contribution in [0.25, 0.3) is 0 Å². The van der Waals surface area contributed by atoms with E-state index in [0.717, 1.165) is 12.1 Å². The van der Waals surface area contributed by atoms with Crippen molar-refractivity contribution in [2.24, 2.45) is 0 Å². The van der Waals surface area contributed by atoms with Crippen molar-refractivity contribution in [2.45, 2.75) is 6.18 Å². The van der Waals surface area contributed by atoms with Crippen molar-refractivity contribution in [3.05, 3.63) is 43.3 Å². The molecular formula is C8H7F3Sc-2. The van der Waals surface area contributed by atoms with Crippen LogP contribution in [0.1, 0.15) is 5.56 Å². The molecule has 4 heteroatoms. The smallest absolute Gasteiger partial charge is 0.358 e. The Kier molecular flexibility index (Phi) is 6.62. The molecule has 0 nitrogen and oxygen atoms in total. The van der Waals surface area contributed by atoms with Crippen LogP contribution in [0.5, 0.6) is 0 Å².